The third-order valence-corrected chi connectivity index (χ3v) is 4.93. The Balaban J connectivity index is 2.18. The maximum Gasteiger partial charge on any atom is 0.412 e. The van der Waals surface area contributed by atoms with Crippen molar-refractivity contribution in [3.63, 3.8) is 0 Å². The van der Waals surface area contributed by atoms with Crippen molar-refractivity contribution < 1.29 is 23.5 Å². The Morgan fingerprint density at radius 3 is 2.32 bits per heavy atom. The van der Waals surface area contributed by atoms with Gasteiger partial charge in [-0.2, -0.15) is 4.73 Å². The molecule has 0 radical (unpaired) electrons. The van der Waals surface area contributed by atoms with Gasteiger partial charge in [0.1, 0.15) is 0 Å². The normalized spacial score (nSPS) is 12.1. The van der Waals surface area contributed by atoms with Gasteiger partial charge < -0.3 is 19.7 Å². The Bertz CT molecular complexity index is 936. The number of aromatic nitrogens is 3. The molecule has 0 amide bonds. The molecule has 0 fully saturated rings. The van der Waals surface area contributed by atoms with Gasteiger partial charge in [0.2, 0.25) is 5.75 Å². The van der Waals surface area contributed by atoms with Gasteiger partial charge in [0.25, 0.3) is 11.0 Å². The molecule has 3 rings (SSSR count). The molecule has 8 nitrogen and oxygen atoms in total. The molecule has 2 aromatic heterocycles. The summed E-state index contributed by atoms with van der Waals surface area (Å²) in [6, 6.07) is 9.12. The van der Waals surface area contributed by atoms with E-state index >= 15 is 0 Å². The third kappa shape index (κ3) is 3.06. The van der Waals surface area contributed by atoms with Crippen molar-refractivity contribution in [3.8, 4) is 0 Å². The predicted octanol–water partition coefficient (Wildman–Crippen LogP) is 0.596. The van der Waals surface area contributed by atoms with Gasteiger partial charge in [-0.15, -0.1) is 4.73 Å². The van der Waals surface area contributed by atoms with Crippen LogP contribution >= 0.6 is 0 Å². The fourth-order valence-corrected chi connectivity index (χ4v) is 3.50. The number of carbonyl (C=O) groups excluding carboxylic acids is 1. The Morgan fingerprint density at radius 1 is 1.12 bits per heavy atom. The summed E-state index contributed by atoms with van der Waals surface area (Å²) >= 11 is -1.65. The standard InChI is InChI=1S/C16H13N3O5S/c1-24-16(20)15-14(10-25(23)11-6-8-17-9-7-11)18(21)12-4-2-3-5-13(12)19(15)22/h2-9H,10H2,1H3. The first kappa shape index (κ1) is 16.9. The van der Waals surface area contributed by atoms with Gasteiger partial charge in [-0.1, -0.05) is 12.1 Å². The number of esters is 1. The molecule has 3 aromatic rings. The number of nitrogens with zero attached hydrogens (tertiary/aromatic N) is 3. The zero-order chi connectivity index (χ0) is 18.0. The van der Waals surface area contributed by atoms with Crippen LogP contribution in [0.15, 0.2) is 53.7 Å². The summed E-state index contributed by atoms with van der Waals surface area (Å²) in [6.07, 6.45) is 2.93. The first-order valence-electron chi connectivity index (χ1n) is 7.18. The average Bonchev–Trinajstić information content (AvgIpc) is 2.66. The van der Waals surface area contributed by atoms with E-state index in [4.69, 9.17) is 0 Å². The number of hydrogen-bond acceptors (Lipinski definition) is 6. The lowest BCUT2D eigenvalue weighted by molar-refractivity contribution is -0.636. The summed E-state index contributed by atoms with van der Waals surface area (Å²) in [5.74, 6) is -1.28. The van der Waals surface area contributed by atoms with E-state index in [9.17, 15) is 19.8 Å². The molecule has 1 aromatic carbocycles. The van der Waals surface area contributed by atoms with Crippen molar-refractivity contribution in [2.75, 3.05) is 7.11 Å². The van der Waals surface area contributed by atoms with Crippen molar-refractivity contribution >= 4 is 28.2 Å². The van der Waals surface area contributed by atoms with Crippen molar-refractivity contribution in [3.05, 3.63) is 70.6 Å². The zero-order valence-electron chi connectivity index (χ0n) is 13.1. The molecule has 0 saturated heterocycles. The van der Waals surface area contributed by atoms with Gasteiger partial charge in [0, 0.05) is 36.7 Å². The second-order valence-corrected chi connectivity index (χ2v) is 6.49. The van der Waals surface area contributed by atoms with Crippen molar-refractivity contribution in [2.45, 2.75) is 10.6 Å². The minimum Gasteiger partial charge on any atom is -0.618 e. The molecule has 0 aliphatic heterocycles. The topological polar surface area (TPSA) is 116 Å². The van der Waals surface area contributed by atoms with Crippen molar-refractivity contribution in [2.24, 2.45) is 0 Å². The monoisotopic (exact) mass is 359 g/mol. The second kappa shape index (κ2) is 6.91. The van der Waals surface area contributed by atoms with Gasteiger partial charge in [0.05, 0.1) is 7.11 Å². The number of para-hydroxylation sites is 2. The van der Waals surface area contributed by atoms with E-state index in [0.717, 1.165) is 7.11 Å². The van der Waals surface area contributed by atoms with Crippen LogP contribution in [-0.2, 0) is 21.7 Å². The number of ether oxygens (including phenoxy) is 1. The summed E-state index contributed by atoms with van der Waals surface area (Å²) in [6.45, 7) is 0. The minimum absolute atomic E-state index is 0.0244. The molecular weight excluding hydrogens is 346 g/mol. The number of hydrogen-bond donors (Lipinski definition) is 0. The molecule has 0 aliphatic carbocycles. The smallest absolute Gasteiger partial charge is 0.412 e. The van der Waals surface area contributed by atoms with E-state index in [1.165, 1.54) is 36.7 Å². The lowest BCUT2D eigenvalue weighted by Crippen LogP contribution is -2.48. The molecule has 0 bridgehead atoms. The van der Waals surface area contributed by atoms with Gasteiger partial charge in [0.15, 0.2) is 4.90 Å². The highest BCUT2D eigenvalue weighted by Gasteiger charge is 2.37. The summed E-state index contributed by atoms with van der Waals surface area (Å²) in [4.78, 5) is 16.3. The number of fused-ring (bicyclic) bond motifs is 1. The zero-order valence-corrected chi connectivity index (χ0v) is 13.9. The van der Waals surface area contributed by atoms with Crippen molar-refractivity contribution in [1.82, 2.24) is 4.98 Å². The summed E-state index contributed by atoms with van der Waals surface area (Å²) < 4.78 is 18.0. The average molecular weight is 359 g/mol. The molecule has 25 heavy (non-hydrogen) atoms. The highest BCUT2D eigenvalue weighted by molar-refractivity contribution is 7.90. The Labute approximate surface area is 145 Å². The number of rotatable bonds is 4. The first-order chi connectivity index (χ1) is 12.0. The van der Waals surface area contributed by atoms with Gasteiger partial charge >= 0.3 is 17.4 Å². The second-order valence-electron chi connectivity index (χ2n) is 5.04. The quantitative estimate of drug-likeness (QED) is 0.291. The van der Waals surface area contributed by atoms with Crippen molar-refractivity contribution in [1.29, 1.82) is 0 Å². The lowest BCUT2D eigenvalue weighted by Gasteiger charge is -2.13. The SMILES string of the molecule is COC(=O)c1c(C[S+]([O-])c2ccncc2)[n+]([O-])c2ccccc2[n+]1[O-]. The third-order valence-electron chi connectivity index (χ3n) is 3.60. The molecule has 0 aliphatic rings. The molecule has 0 spiro atoms. The maximum atomic E-state index is 12.7. The van der Waals surface area contributed by atoms with Crippen LogP contribution < -0.4 is 9.46 Å². The minimum atomic E-state index is -1.65. The number of methoxy groups -OCH3 is 1. The fourth-order valence-electron chi connectivity index (χ4n) is 2.41. The van der Waals surface area contributed by atoms with Gasteiger partial charge in [-0.3, -0.25) is 4.98 Å². The van der Waals surface area contributed by atoms with Crippen LogP contribution in [0.1, 0.15) is 16.2 Å². The van der Waals surface area contributed by atoms with Gasteiger partial charge in [-0.05, 0) is 11.2 Å². The molecule has 0 N–H and O–H groups in total. The summed E-state index contributed by atoms with van der Waals surface area (Å²) in [7, 11) is 1.11. The van der Waals surface area contributed by atoms with Crippen LogP contribution in [0.2, 0.25) is 0 Å². The Kier molecular flexibility index (Phi) is 4.68. The lowest BCUT2D eigenvalue weighted by atomic mass is 10.2. The van der Waals surface area contributed by atoms with Crippen LogP contribution in [-0.4, -0.2) is 22.6 Å². The summed E-state index contributed by atoms with van der Waals surface area (Å²) in [5, 5.41) is 25.3. The number of benzene rings is 1. The van der Waals surface area contributed by atoms with E-state index in [1.807, 2.05) is 0 Å². The Hall–Kier alpha value is -2.91. The highest BCUT2D eigenvalue weighted by atomic mass is 32.2. The van der Waals surface area contributed by atoms with Crippen LogP contribution in [0.5, 0.6) is 0 Å². The number of carbonyl (C=O) groups is 1. The molecule has 0 saturated carbocycles. The molecule has 128 valence electrons. The van der Waals surface area contributed by atoms with E-state index in [0.29, 0.717) is 14.4 Å². The van der Waals surface area contributed by atoms with E-state index < -0.39 is 22.8 Å². The van der Waals surface area contributed by atoms with Crippen LogP contribution in [0.25, 0.3) is 11.0 Å². The molecule has 2 heterocycles. The molecule has 1 atom stereocenters. The largest absolute Gasteiger partial charge is 0.618 e. The van der Waals surface area contributed by atoms with E-state index in [2.05, 4.69) is 9.72 Å². The number of pyridine rings is 1. The predicted molar refractivity (Wildman–Crippen MR) is 87.6 cm³/mol. The van der Waals surface area contributed by atoms with E-state index in [-0.39, 0.29) is 22.5 Å². The Morgan fingerprint density at radius 2 is 1.72 bits per heavy atom. The van der Waals surface area contributed by atoms with Crippen LogP contribution in [0.3, 0.4) is 0 Å². The molecular formula is C16H13N3O5S. The molecule has 1 unspecified atom stereocenters. The summed E-state index contributed by atoms with van der Waals surface area (Å²) in [5.41, 5.74) is -0.586. The first-order valence-corrected chi connectivity index (χ1v) is 8.50. The highest BCUT2D eigenvalue weighted by Crippen LogP contribution is 2.17. The molecule has 9 heteroatoms. The van der Waals surface area contributed by atoms with Gasteiger partial charge in [-0.25, -0.2) is 4.79 Å². The van der Waals surface area contributed by atoms with E-state index in [1.54, 1.807) is 12.1 Å². The fraction of sp³-hybridized carbons (Fsp3) is 0.125. The van der Waals surface area contributed by atoms with Crippen LogP contribution in [0, 0.1) is 10.4 Å². The van der Waals surface area contributed by atoms with Crippen LogP contribution in [0.4, 0.5) is 0 Å². The maximum absolute atomic E-state index is 12.7.